The Bertz CT molecular complexity index is 832. The highest BCUT2D eigenvalue weighted by molar-refractivity contribution is 7.14. The summed E-state index contributed by atoms with van der Waals surface area (Å²) in [5, 5.41) is 7.10. The Hall–Kier alpha value is -2.46. The Kier molecular flexibility index (Phi) is 4.53. The first-order valence-electron chi connectivity index (χ1n) is 7.51. The fourth-order valence-electron chi connectivity index (χ4n) is 2.17. The maximum absolute atomic E-state index is 4.59. The van der Waals surface area contributed by atoms with Crippen LogP contribution in [0.2, 0.25) is 0 Å². The summed E-state index contributed by atoms with van der Waals surface area (Å²) >= 11 is 1.56. The van der Waals surface area contributed by atoms with Gasteiger partial charge in [0, 0.05) is 10.9 Å². The molecule has 116 valence electrons. The van der Waals surface area contributed by atoms with Crippen LogP contribution in [0.1, 0.15) is 22.3 Å². The molecule has 0 radical (unpaired) electrons. The van der Waals surface area contributed by atoms with E-state index in [1.165, 1.54) is 16.7 Å². The number of anilines is 1. The smallest absolute Gasteiger partial charge is 0.203 e. The zero-order valence-electron chi connectivity index (χ0n) is 13.5. The van der Waals surface area contributed by atoms with E-state index in [4.69, 9.17) is 0 Å². The summed E-state index contributed by atoms with van der Waals surface area (Å²) in [6.07, 6.45) is 1.80. The first-order chi connectivity index (χ1) is 11.1. The van der Waals surface area contributed by atoms with Gasteiger partial charge < -0.3 is 0 Å². The number of hydrogen-bond acceptors (Lipinski definition) is 4. The predicted octanol–water partition coefficient (Wildman–Crippen LogP) is 5.18. The van der Waals surface area contributed by atoms with Crippen LogP contribution in [0.3, 0.4) is 0 Å². The summed E-state index contributed by atoms with van der Waals surface area (Å²) in [7, 11) is 0. The molecule has 0 fully saturated rings. The number of nitrogens with one attached hydrogen (secondary N) is 1. The van der Waals surface area contributed by atoms with Crippen LogP contribution in [0.4, 0.5) is 5.13 Å². The first-order valence-corrected chi connectivity index (χ1v) is 8.39. The van der Waals surface area contributed by atoms with Gasteiger partial charge in [-0.1, -0.05) is 42.0 Å². The molecule has 0 saturated carbocycles. The average molecular weight is 321 g/mol. The van der Waals surface area contributed by atoms with E-state index in [-0.39, 0.29) is 0 Å². The van der Waals surface area contributed by atoms with Crippen molar-refractivity contribution >= 4 is 22.7 Å². The van der Waals surface area contributed by atoms with E-state index in [0.29, 0.717) is 0 Å². The van der Waals surface area contributed by atoms with Gasteiger partial charge in [-0.15, -0.1) is 11.3 Å². The van der Waals surface area contributed by atoms with Crippen LogP contribution < -0.4 is 5.43 Å². The number of benzene rings is 2. The number of hydrazone groups is 1. The normalized spacial score (nSPS) is 11.1. The zero-order valence-corrected chi connectivity index (χ0v) is 14.3. The van der Waals surface area contributed by atoms with Crippen molar-refractivity contribution < 1.29 is 0 Å². The Labute approximate surface area is 140 Å². The van der Waals surface area contributed by atoms with Gasteiger partial charge >= 0.3 is 0 Å². The van der Waals surface area contributed by atoms with Crippen molar-refractivity contribution in [3.63, 3.8) is 0 Å². The maximum atomic E-state index is 4.59. The lowest BCUT2D eigenvalue weighted by atomic mass is 10.1. The molecule has 3 aromatic rings. The van der Waals surface area contributed by atoms with E-state index in [0.717, 1.165) is 22.0 Å². The zero-order chi connectivity index (χ0) is 16.2. The van der Waals surface area contributed by atoms with Gasteiger partial charge in [0.05, 0.1) is 11.9 Å². The van der Waals surface area contributed by atoms with E-state index in [1.54, 1.807) is 17.6 Å². The minimum atomic E-state index is 0.793. The Morgan fingerprint density at radius 1 is 1.00 bits per heavy atom. The maximum Gasteiger partial charge on any atom is 0.203 e. The van der Waals surface area contributed by atoms with Gasteiger partial charge in [0.25, 0.3) is 0 Å². The van der Waals surface area contributed by atoms with Crippen molar-refractivity contribution in [3.05, 3.63) is 70.1 Å². The van der Waals surface area contributed by atoms with E-state index in [1.807, 2.05) is 17.5 Å². The van der Waals surface area contributed by atoms with Crippen molar-refractivity contribution in [1.82, 2.24) is 4.98 Å². The molecule has 0 aliphatic carbocycles. The molecule has 1 N–H and O–H groups in total. The second kappa shape index (κ2) is 6.75. The van der Waals surface area contributed by atoms with E-state index in [9.17, 15) is 0 Å². The third-order valence-corrected chi connectivity index (χ3v) is 4.50. The fourth-order valence-corrected chi connectivity index (χ4v) is 2.84. The lowest BCUT2D eigenvalue weighted by Crippen LogP contribution is -1.90. The Balaban J connectivity index is 1.69. The van der Waals surface area contributed by atoms with Crippen molar-refractivity contribution in [2.24, 2.45) is 5.10 Å². The van der Waals surface area contributed by atoms with Crippen molar-refractivity contribution in [1.29, 1.82) is 0 Å². The number of rotatable bonds is 4. The largest absolute Gasteiger partial charge is 0.253 e. The van der Waals surface area contributed by atoms with Crippen LogP contribution in [0.25, 0.3) is 11.3 Å². The van der Waals surface area contributed by atoms with Crippen molar-refractivity contribution in [3.8, 4) is 11.3 Å². The molecule has 3 rings (SSSR count). The fraction of sp³-hybridized carbons (Fsp3) is 0.158. The van der Waals surface area contributed by atoms with Crippen LogP contribution in [0.15, 0.2) is 52.9 Å². The van der Waals surface area contributed by atoms with Gasteiger partial charge in [-0.3, -0.25) is 5.43 Å². The van der Waals surface area contributed by atoms with Gasteiger partial charge in [-0.25, -0.2) is 4.98 Å². The average Bonchev–Trinajstić information content (AvgIpc) is 3.01. The second-order valence-electron chi connectivity index (χ2n) is 5.62. The highest BCUT2D eigenvalue weighted by atomic mass is 32.1. The Morgan fingerprint density at radius 3 is 2.52 bits per heavy atom. The summed E-state index contributed by atoms with van der Waals surface area (Å²) in [6, 6.07) is 14.6. The molecular formula is C19H19N3S. The van der Waals surface area contributed by atoms with Crippen LogP contribution in [-0.2, 0) is 0 Å². The minimum absolute atomic E-state index is 0.793. The van der Waals surface area contributed by atoms with Gasteiger partial charge in [-0.05, 0) is 43.5 Å². The van der Waals surface area contributed by atoms with Gasteiger partial charge in [0.2, 0.25) is 5.13 Å². The quantitative estimate of drug-likeness (QED) is 0.531. The van der Waals surface area contributed by atoms with Crippen LogP contribution in [-0.4, -0.2) is 11.2 Å². The second-order valence-corrected chi connectivity index (χ2v) is 6.48. The molecule has 0 saturated heterocycles. The molecule has 0 bridgehead atoms. The summed E-state index contributed by atoms with van der Waals surface area (Å²) in [4.78, 5) is 4.59. The van der Waals surface area contributed by atoms with Gasteiger partial charge in [0.1, 0.15) is 0 Å². The van der Waals surface area contributed by atoms with E-state index in [2.05, 4.69) is 66.6 Å². The molecular weight excluding hydrogens is 302 g/mol. The van der Waals surface area contributed by atoms with Crippen LogP contribution in [0.5, 0.6) is 0 Å². The Morgan fingerprint density at radius 2 is 1.78 bits per heavy atom. The molecule has 3 nitrogen and oxygen atoms in total. The summed E-state index contributed by atoms with van der Waals surface area (Å²) in [5.41, 5.74) is 10.0. The molecule has 0 aliphatic heterocycles. The van der Waals surface area contributed by atoms with E-state index >= 15 is 0 Å². The number of aromatic nitrogens is 1. The SMILES string of the molecule is Cc1ccc(/C=N\Nc2nc(-c3ccc(C)c(C)c3)cs2)cc1. The minimum Gasteiger partial charge on any atom is -0.253 e. The first kappa shape index (κ1) is 15.4. The van der Waals surface area contributed by atoms with Gasteiger partial charge in [-0.2, -0.15) is 5.10 Å². The summed E-state index contributed by atoms with van der Waals surface area (Å²) < 4.78 is 0. The predicted molar refractivity (Wildman–Crippen MR) is 99.4 cm³/mol. The molecule has 0 unspecified atom stereocenters. The van der Waals surface area contributed by atoms with Crippen molar-refractivity contribution in [2.45, 2.75) is 20.8 Å². The number of thiazole rings is 1. The van der Waals surface area contributed by atoms with Crippen LogP contribution in [0, 0.1) is 20.8 Å². The highest BCUT2D eigenvalue weighted by Crippen LogP contribution is 2.26. The van der Waals surface area contributed by atoms with Crippen LogP contribution >= 0.6 is 11.3 Å². The molecule has 1 heterocycles. The molecule has 2 aromatic carbocycles. The summed E-state index contributed by atoms with van der Waals surface area (Å²) in [6.45, 7) is 6.31. The molecule has 0 atom stereocenters. The monoisotopic (exact) mass is 321 g/mol. The topological polar surface area (TPSA) is 37.3 Å². The lowest BCUT2D eigenvalue weighted by molar-refractivity contribution is 1.28. The number of nitrogens with zero attached hydrogens (tertiary/aromatic N) is 2. The molecule has 0 amide bonds. The lowest BCUT2D eigenvalue weighted by Gasteiger charge is -2.02. The molecule has 0 spiro atoms. The van der Waals surface area contributed by atoms with Gasteiger partial charge in [0.15, 0.2) is 0 Å². The molecule has 0 aliphatic rings. The third kappa shape index (κ3) is 3.85. The number of aryl methyl sites for hydroxylation is 3. The molecule has 23 heavy (non-hydrogen) atoms. The number of hydrogen-bond donors (Lipinski definition) is 1. The van der Waals surface area contributed by atoms with E-state index < -0.39 is 0 Å². The standard InChI is InChI=1S/C19H19N3S/c1-13-4-7-16(8-5-13)11-20-22-19-21-18(12-23-19)17-9-6-14(2)15(3)10-17/h4-12H,1-3H3,(H,21,22)/b20-11-. The van der Waals surface area contributed by atoms with Crippen molar-refractivity contribution in [2.75, 3.05) is 5.43 Å². The third-order valence-electron chi connectivity index (χ3n) is 3.76. The summed E-state index contributed by atoms with van der Waals surface area (Å²) in [5.74, 6) is 0. The molecule has 1 aromatic heterocycles. The highest BCUT2D eigenvalue weighted by Gasteiger charge is 2.05. The molecule has 4 heteroatoms.